The van der Waals surface area contributed by atoms with Gasteiger partial charge in [-0.25, -0.2) is 4.98 Å². The molecule has 0 N–H and O–H groups in total. The fourth-order valence-corrected chi connectivity index (χ4v) is 5.15. The van der Waals surface area contributed by atoms with E-state index in [1.807, 2.05) is 23.1 Å². The minimum Gasteiger partial charge on any atom is -0.493 e. The monoisotopic (exact) mass is 467 g/mol. The molecule has 1 aromatic heterocycles. The molecule has 0 bridgehead atoms. The van der Waals surface area contributed by atoms with Crippen LogP contribution in [-0.4, -0.2) is 28.6 Å². The number of carbonyl (C=O) groups is 1. The summed E-state index contributed by atoms with van der Waals surface area (Å²) in [4.78, 5) is 20.0. The number of hydrogen-bond donors (Lipinski definition) is 0. The molecule has 1 atom stereocenters. The Kier molecular flexibility index (Phi) is 6.33. The SMILES string of the molecule is Cc1ccc(N2CC(c3nc4ccccc4n3CCCOc3cccc(C)c3C)CC2=O)c(C)c1. The van der Waals surface area contributed by atoms with Crippen molar-refractivity contribution in [3.8, 4) is 5.75 Å². The van der Waals surface area contributed by atoms with E-state index in [1.165, 1.54) is 16.7 Å². The molecule has 5 rings (SSSR count). The van der Waals surface area contributed by atoms with E-state index < -0.39 is 0 Å². The minimum absolute atomic E-state index is 0.0653. The average Bonchev–Trinajstić information content (AvgIpc) is 3.40. The van der Waals surface area contributed by atoms with Crippen LogP contribution >= 0.6 is 0 Å². The van der Waals surface area contributed by atoms with Crippen LogP contribution in [0.25, 0.3) is 11.0 Å². The molecule has 1 amide bonds. The van der Waals surface area contributed by atoms with Crippen molar-refractivity contribution in [3.05, 3.63) is 88.7 Å². The summed E-state index contributed by atoms with van der Waals surface area (Å²) in [7, 11) is 0. The van der Waals surface area contributed by atoms with Crippen LogP contribution in [0.3, 0.4) is 0 Å². The molecule has 4 aromatic rings. The molecule has 1 unspecified atom stereocenters. The summed E-state index contributed by atoms with van der Waals surface area (Å²) in [6.45, 7) is 10.5. The lowest BCUT2D eigenvalue weighted by Gasteiger charge is -2.20. The van der Waals surface area contributed by atoms with Crippen molar-refractivity contribution >= 4 is 22.6 Å². The highest BCUT2D eigenvalue weighted by atomic mass is 16.5. The second-order valence-electron chi connectivity index (χ2n) is 9.71. The number of para-hydroxylation sites is 2. The predicted molar refractivity (Wildman–Crippen MR) is 141 cm³/mol. The van der Waals surface area contributed by atoms with Crippen LogP contribution in [0, 0.1) is 27.7 Å². The fourth-order valence-electron chi connectivity index (χ4n) is 5.15. The average molecular weight is 468 g/mol. The van der Waals surface area contributed by atoms with Gasteiger partial charge in [0.15, 0.2) is 0 Å². The first-order chi connectivity index (χ1) is 16.9. The minimum atomic E-state index is 0.0653. The highest BCUT2D eigenvalue weighted by Crippen LogP contribution is 2.35. The first kappa shape index (κ1) is 23.2. The number of benzene rings is 3. The number of hydrogen-bond acceptors (Lipinski definition) is 3. The molecule has 1 aliphatic heterocycles. The maximum atomic E-state index is 13.1. The molecule has 180 valence electrons. The Labute approximate surface area is 207 Å². The van der Waals surface area contributed by atoms with Crippen LogP contribution in [-0.2, 0) is 11.3 Å². The number of ether oxygens (including phenoxy) is 1. The number of imidazole rings is 1. The number of aromatic nitrogens is 2. The van der Waals surface area contributed by atoms with E-state index >= 15 is 0 Å². The molecule has 5 heteroatoms. The summed E-state index contributed by atoms with van der Waals surface area (Å²) in [6, 6.07) is 20.7. The molecular weight excluding hydrogens is 434 g/mol. The molecule has 0 saturated carbocycles. The smallest absolute Gasteiger partial charge is 0.227 e. The standard InChI is InChI=1S/C30H33N3O2/c1-20-13-14-26(22(3)17-20)33-19-24(18-29(33)34)30-31-25-10-5-6-11-27(25)32(30)15-8-16-35-28-12-7-9-21(2)23(28)4/h5-7,9-14,17,24H,8,15-16,18-19H2,1-4H3. The van der Waals surface area contributed by atoms with Gasteiger partial charge in [0.05, 0.1) is 17.6 Å². The van der Waals surface area contributed by atoms with E-state index in [0.717, 1.165) is 46.8 Å². The molecule has 5 nitrogen and oxygen atoms in total. The van der Waals surface area contributed by atoms with E-state index in [4.69, 9.17) is 9.72 Å². The second kappa shape index (κ2) is 9.57. The third-order valence-electron chi connectivity index (χ3n) is 7.16. The highest BCUT2D eigenvalue weighted by molar-refractivity contribution is 5.97. The molecule has 1 saturated heterocycles. The Bertz CT molecular complexity index is 1390. The van der Waals surface area contributed by atoms with Crippen molar-refractivity contribution in [2.75, 3.05) is 18.1 Å². The van der Waals surface area contributed by atoms with Crippen LogP contribution in [0.5, 0.6) is 5.75 Å². The van der Waals surface area contributed by atoms with Crippen LogP contribution in [0.1, 0.15) is 46.8 Å². The third kappa shape index (κ3) is 4.55. The van der Waals surface area contributed by atoms with E-state index in [1.54, 1.807) is 0 Å². The van der Waals surface area contributed by atoms with Crippen LogP contribution in [0.2, 0.25) is 0 Å². The molecule has 35 heavy (non-hydrogen) atoms. The molecule has 0 aliphatic carbocycles. The highest BCUT2D eigenvalue weighted by Gasteiger charge is 2.35. The van der Waals surface area contributed by atoms with Gasteiger partial charge in [0.1, 0.15) is 11.6 Å². The Morgan fingerprint density at radius 3 is 2.63 bits per heavy atom. The van der Waals surface area contributed by atoms with E-state index in [0.29, 0.717) is 19.6 Å². The number of aryl methyl sites for hydroxylation is 4. The largest absolute Gasteiger partial charge is 0.493 e. The van der Waals surface area contributed by atoms with Gasteiger partial charge in [-0.2, -0.15) is 0 Å². The van der Waals surface area contributed by atoms with Crippen molar-refractivity contribution in [2.45, 2.75) is 53.0 Å². The Hall–Kier alpha value is -3.60. The van der Waals surface area contributed by atoms with E-state index in [-0.39, 0.29) is 11.8 Å². The lowest BCUT2D eigenvalue weighted by atomic mass is 10.1. The molecule has 1 aliphatic rings. The summed E-state index contributed by atoms with van der Waals surface area (Å²) in [5.74, 6) is 2.18. The molecular formula is C30H33N3O2. The molecule has 0 radical (unpaired) electrons. The van der Waals surface area contributed by atoms with Crippen molar-refractivity contribution in [2.24, 2.45) is 0 Å². The van der Waals surface area contributed by atoms with Crippen molar-refractivity contribution in [1.29, 1.82) is 0 Å². The van der Waals surface area contributed by atoms with Gasteiger partial charge in [-0.3, -0.25) is 4.79 Å². The van der Waals surface area contributed by atoms with Crippen molar-refractivity contribution in [3.63, 3.8) is 0 Å². The first-order valence-electron chi connectivity index (χ1n) is 12.4. The normalized spacial score (nSPS) is 15.8. The van der Waals surface area contributed by atoms with Gasteiger partial charge in [0.25, 0.3) is 0 Å². The number of amides is 1. The molecule has 2 heterocycles. The maximum absolute atomic E-state index is 13.1. The number of rotatable bonds is 7. The van der Waals surface area contributed by atoms with Gasteiger partial charge in [-0.05, 0) is 75.1 Å². The molecule has 1 fully saturated rings. The summed E-state index contributed by atoms with van der Waals surface area (Å²) in [6.07, 6.45) is 1.35. The lowest BCUT2D eigenvalue weighted by molar-refractivity contribution is -0.117. The van der Waals surface area contributed by atoms with Gasteiger partial charge >= 0.3 is 0 Å². The van der Waals surface area contributed by atoms with Crippen LogP contribution in [0.4, 0.5) is 5.69 Å². The molecule has 0 spiro atoms. The zero-order valence-corrected chi connectivity index (χ0v) is 21.0. The lowest BCUT2D eigenvalue weighted by Crippen LogP contribution is -2.25. The van der Waals surface area contributed by atoms with E-state index in [2.05, 4.69) is 74.7 Å². The zero-order chi connectivity index (χ0) is 24.5. The first-order valence-corrected chi connectivity index (χ1v) is 12.4. The number of nitrogens with zero attached hydrogens (tertiary/aromatic N) is 3. The second-order valence-corrected chi connectivity index (χ2v) is 9.71. The zero-order valence-electron chi connectivity index (χ0n) is 21.0. The maximum Gasteiger partial charge on any atom is 0.227 e. The quantitative estimate of drug-likeness (QED) is 0.301. The number of carbonyl (C=O) groups excluding carboxylic acids is 1. The number of anilines is 1. The van der Waals surface area contributed by atoms with Gasteiger partial charge < -0.3 is 14.2 Å². The number of fused-ring (bicyclic) bond motifs is 1. The van der Waals surface area contributed by atoms with Gasteiger partial charge in [-0.1, -0.05) is 42.0 Å². The topological polar surface area (TPSA) is 47.4 Å². The Balaban J connectivity index is 1.36. The summed E-state index contributed by atoms with van der Waals surface area (Å²) >= 11 is 0. The van der Waals surface area contributed by atoms with Crippen LogP contribution in [0.15, 0.2) is 60.7 Å². The predicted octanol–water partition coefficient (Wildman–Crippen LogP) is 6.26. The van der Waals surface area contributed by atoms with E-state index in [9.17, 15) is 4.79 Å². The summed E-state index contributed by atoms with van der Waals surface area (Å²) in [5.41, 5.74) is 7.88. The Morgan fingerprint density at radius 1 is 0.971 bits per heavy atom. The fraction of sp³-hybridized carbons (Fsp3) is 0.333. The molecule has 3 aromatic carbocycles. The Morgan fingerprint density at radius 2 is 1.80 bits per heavy atom. The van der Waals surface area contributed by atoms with Gasteiger partial charge in [-0.15, -0.1) is 0 Å². The third-order valence-corrected chi connectivity index (χ3v) is 7.16. The summed E-state index contributed by atoms with van der Waals surface area (Å²) < 4.78 is 8.41. The van der Waals surface area contributed by atoms with Crippen LogP contribution < -0.4 is 9.64 Å². The van der Waals surface area contributed by atoms with Gasteiger partial charge in [0, 0.05) is 31.1 Å². The van der Waals surface area contributed by atoms with Gasteiger partial charge in [0.2, 0.25) is 5.91 Å². The summed E-state index contributed by atoms with van der Waals surface area (Å²) in [5, 5.41) is 0. The van der Waals surface area contributed by atoms with Crippen molar-refractivity contribution < 1.29 is 9.53 Å². The van der Waals surface area contributed by atoms with Crippen molar-refractivity contribution in [1.82, 2.24) is 9.55 Å².